The van der Waals surface area contributed by atoms with Gasteiger partial charge in [0.05, 0.1) is 0 Å². The summed E-state index contributed by atoms with van der Waals surface area (Å²) in [5, 5.41) is 6.70. The van der Waals surface area contributed by atoms with E-state index in [0.717, 1.165) is 12.5 Å². The van der Waals surface area contributed by atoms with Gasteiger partial charge in [0.25, 0.3) is 0 Å². The van der Waals surface area contributed by atoms with Crippen molar-refractivity contribution in [3.8, 4) is 0 Å². The van der Waals surface area contributed by atoms with Gasteiger partial charge in [-0.1, -0.05) is 17.7 Å². The summed E-state index contributed by atoms with van der Waals surface area (Å²) in [5.41, 5.74) is 2.26. The van der Waals surface area contributed by atoms with E-state index < -0.39 is 0 Å². The number of nitrogens with one attached hydrogen (secondary N) is 2. The molecular formula is C12H18N2. The van der Waals surface area contributed by atoms with Crippen LogP contribution in [0.25, 0.3) is 0 Å². The van der Waals surface area contributed by atoms with E-state index in [-0.39, 0.29) is 0 Å². The van der Waals surface area contributed by atoms with Gasteiger partial charge in [0, 0.05) is 18.5 Å². The van der Waals surface area contributed by atoms with Gasteiger partial charge in [-0.15, -0.1) is 0 Å². The summed E-state index contributed by atoms with van der Waals surface area (Å²) in [4.78, 5) is 0. The molecule has 0 bridgehead atoms. The highest BCUT2D eigenvalue weighted by Gasteiger charge is 2.44. The average Bonchev–Trinajstić information content (AvgIpc) is 2.65. The summed E-state index contributed by atoms with van der Waals surface area (Å²) >= 11 is 0. The summed E-state index contributed by atoms with van der Waals surface area (Å²) in [6.45, 7) is 3.45. The maximum absolute atomic E-state index is 3.38. The van der Waals surface area contributed by atoms with Crippen LogP contribution in [0, 0.1) is 11.3 Å². The molecular weight excluding hydrogens is 172 g/mol. The Balaban J connectivity index is 1.63. The number of hydrogen-bond donors (Lipinski definition) is 2. The van der Waals surface area contributed by atoms with Crippen LogP contribution in [0.4, 0.5) is 0 Å². The van der Waals surface area contributed by atoms with Crippen LogP contribution in [0.2, 0.25) is 0 Å². The van der Waals surface area contributed by atoms with E-state index in [9.17, 15) is 0 Å². The lowest BCUT2D eigenvalue weighted by Gasteiger charge is -2.45. The molecule has 76 valence electrons. The van der Waals surface area contributed by atoms with Crippen molar-refractivity contribution >= 4 is 0 Å². The fourth-order valence-corrected chi connectivity index (χ4v) is 3.03. The molecule has 0 saturated heterocycles. The molecule has 2 heteroatoms. The molecule has 2 heterocycles. The van der Waals surface area contributed by atoms with Crippen molar-refractivity contribution in [1.82, 2.24) is 10.6 Å². The monoisotopic (exact) mass is 190 g/mol. The lowest BCUT2D eigenvalue weighted by Crippen LogP contribution is -2.41. The van der Waals surface area contributed by atoms with Crippen molar-refractivity contribution in [2.75, 3.05) is 19.6 Å². The van der Waals surface area contributed by atoms with Gasteiger partial charge >= 0.3 is 0 Å². The van der Waals surface area contributed by atoms with Gasteiger partial charge in [-0.3, -0.25) is 0 Å². The van der Waals surface area contributed by atoms with Crippen molar-refractivity contribution in [2.45, 2.75) is 19.3 Å². The zero-order valence-corrected chi connectivity index (χ0v) is 8.55. The van der Waals surface area contributed by atoms with E-state index in [1.807, 2.05) is 0 Å². The normalized spacial score (nSPS) is 40.6. The van der Waals surface area contributed by atoms with E-state index >= 15 is 0 Å². The zero-order chi connectivity index (χ0) is 9.43. The Hall–Kier alpha value is -0.760. The molecule has 3 aliphatic rings. The van der Waals surface area contributed by atoms with Crippen LogP contribution in [0.3, 0.4) is 0 Å². The molecule has 3 rings (SSSR count). The highest BCUT2D eigenvalue weighted by Crippen LogP contribution is 2.51. The van der Waals surface area contributed by atoms with E-state index in [1.54, 1.807) is 5.57 Å². The standard InChI is InChI=1S/C12H18N2/c1-4-13-5-2-10(1)11-7-12(8-11)3-6-14-9-12/h1,3,6,11,13-14H,2,4-5,7-9H2. The molecule has 1 saturated carbocycles. The number of rotatable bonds is 1. The predicted molar refractivity (Wildman–Crippen MR) is 57.9 cm³/mol. The van der Waals surface area contributed by atoms with E-state index in [4.69, 9.17) is 0 Å². The Morgan fingerprint density at radius 3 is 2.93 bits per heavy atom. The highest BCUT2D eigenvalue weighted by atomic mass is 14.9. The Labute approximate surface area is 85.5 Å². The third-order valence-electron chi connectivity index (χ3n) is 3.94. The van der Waals surface area contributed by atoms with Crippen LogP contribution < -0.4 is 10.6 Å². The molecule has 1 aliphatic carbocycles. The largest absolute Gasteiger partial charge is 0.390 e. The molecule has 0 aromatic heterocycles. The maximum atomic E-state index is 3.38. The molecule has 1 spiro atoms. The van der Waals surface area contributed by atoms with Gasteiger partial charge in [0.2, 0.25) is 0 Å². The van der Waals surface area contributed by atoms with Crippen molar-refractivity contribution in [3.63, 3.8) is 0 Å². The molecule has 1 fully saturated rings. The average molecular weight is 190 g/mol. The van der Waals surface area contributed by atoms with Crippen molar-refractivity contribution < 1.29 is 0 Å². The molecule has 0 aromatic carbocycles. The third-order valence-corrected chi connectivity index (χ3v) is 3.94. The summed E-state index contributed by atoms with van der Waals surface area (Å²) in [6, 6.07) is 0. The first-order chi connectivity index (χ1) is 6.88. The first-order valence-electron chi connectivity index (χ1n) is 5.69. The third kappa shape index (κ3) is 1.29. The van der Waals surface area contributed by atoms with Crippen molar-refractivity contribution in [1.29, 1.82) is 0 Å². The lowest BCUT2D eigenvalue weighted by atomic mass is 9.60. The molecule has 2 aliphatic heterocycles. The van der Waals surface area contributed by atoms with Crippen LogP contribution in [0.1, 0.15) is 19.3 Å². The fraction of sp³-hybridized carbons (Fsp3) is 0.667. The van der Waals surface area contributed by atoms with Gasteiger partial charge in [-0.25, -0.2) is 0 Å². The topological polar surface area (TPSA) is 24.1 Å². The highest BCUT2D eigenvalue weighted by molar-refractivity contribution is 5.22. The molecule has 2 nitrogen and oxygen atoms in total. The first kappa shape index (κ1) is 8.54. The molecule has 0 unspecified atom stereocenters. The van der Waals surface area contributed by atoms with Crippen LogP contribution >= 0.6 is 0 Å². The SMILES string of the molecule is C1=CC2(CN1)CC(C1=CCNCC1)C2. The Kier molecular flexibility index (Phi) is 1.91. The van der Waals surface area contributed by atoms with E-state index in [2.05, 4.69) is 29.0 Å². The second kappa shape index (κ2) is 3.13. The summed E-state index contributed by atoms with van der Waals surface area (Å²) < 4.78 is 0. The van der Waals surface area contributed by atoms with Gasteiger partial charge < -0.3 is 10.6 Å². The maximum Gasteiger partial charge on any atom is 0.0233 e. The summed E-state index contributed by atoms with van der Waals surface area (Å²) in [7, 11) is 0. The molecule has 14 heavy (non-hydrogen) atoms. The van der Waals surface area contributed by atoms with Crippen molar-refractivity contribution in [3.05, 3.63) is 23.9 Å². The van der Waals surface area contributed by atoms with Gasteiger partial charge in [0.1, 0.15) is 0 Å². The summed E-state index contributed by atoms with van der Waals surface area (Å²) in [6.07, 6.45) is 11.0. The Bertz CT molecular complexity index is 285. The molecule has 0 aromatic rings. The first-order valence-corrected chi connectivity index (χ1v) is 5.69. The Morgan fingerprint density at radius 1 is 1.36 bits per heavy atom. The Morgan fingerprint density at radius 2 is 2.29 bits per heavy atom. The van der Waals surface area contributed by atoms with Gasteiger partial charge in [-0.05, 0) is 37.9 Å². The van der Waals surface area contributed by atoms with Gasteiger partial charge in [-0.2, -0.15) is 0 Å². The molecule has 0 atom stereocenters. The fourth-order valence-electron chi connectivity index (χ4n) is 3.03. The minimum Gasteiger partial charge on any atom is -0.390 e. The van der Waals surface area contributed by atoms with Crippen LogP contribution in [0.5, 0.6) is 0 Å². The van der Waals surface area contributed by atoms with E-state index in [0.29, 0.717) is 5.41 Å². The van der Waals surface area contributed by atoms with E-state index in [1.165, 1.54) is 32.4 Å². The van der Waals surface area contributed by atoms with Crippen molar-refractivity contribution in [2.24, 2.45) is 11.3 Å². The predicted octanol–water partition coefficient (Wildman–Crippen LogP) is 1.42. The van der Waals surface area contributed by atoms with Crippen LogP contribution in [-0.2, 0) is 0 Å². The quantitative estimate of drug-likeness (QED) is 0.611. The minimum absolute atomic E-state index is 0.538. The second-order valence-electron chi connectivity index (χ2n) is 4.91. The molecule has 0 radical (unpaired) electrons. The lowest BCUT2D eigenvalue weighted by molar-refractivity contribution is 0.144. The van der Waals surface area contributed by atoms with Crippen LogP contribution in [0.15, 0.2) is 23.9 Å². The molecule has 0 amide bonds. The smallest absolute Gasteiger partial charge is 0.0233 e. The second-order valence-corrected chi connectivity index (χ2v) is 4.91. The summed E-state index contributed by atoms with van der Waals surface area (Å²) in [5.74, 6) is 0.890. The zero-order valence-electron chi connectivity index (χ0n) is 8.55. The number of hydrogen-bond acceptors (Lipinski definition) is 2. The van der Waals surface area contributed by atoms with Crippen LogP contribution in [-0.4, -0.2) is 19.6 Å². The van der Waals surface area contributed by atoms with Gasteiger partial charge in [0.15, 0.2) is 0 Å². The molecule has 2 N–H and O–H groups in total. The minimum atomic E-state index is 0.538.